The van der Waals surface area contributed by atoms with Crippen molar-refractivity contribution >= 4 is 29.1 Å². The molecule has 9 heteroatoms. The van der Waals surface area contributed by atoms with Crippen LogP contribution in [0.25, 0.3) is 0 Å². The number of benzene rings is 1. The first-order valence-electron chi connectivity index (χ1n) is 4.97. The predicted molar refractivity (Wildman–Crippen MR) is 69.0 cm³/mol. The van der Waals surface area contributed by atoms with Crippen molar-refractivity contribution in [2.45, 2.75) is 0 Å². The van der Waals surface area contributed by atoms with E-state index in [1.54, 1.807) is 0 Å². The summed E-state index contributed by atoms with van der Waals surface area (Å²) in [4.78, 5) is 17.7. The Morgan fingerprint density at radius 1 is 1.26 bits per heavy atom. The summed E-state index contributed by atoms with van der Waals surface area (Å²) in [6.07, 6.45) is 0. The second-order valence-corrected chi connectivity index (χ2v) is 3.90. The number of rotatable bonds is 3. The molecule has 0 bridgehead atoms. The third-order valence-electron chi connectivity index (χ3n) is 2.07. The number of nitrogens with zero attached hydrogens (tertiary/aromatic N) is 3. The summed E-state index contributed by atoms with van der Waals surface area (Å²) in [5.41, 5.74) is 10.6. The van der Waals surface area contributed by atoms with Gasteiger partial charge in [0.1, 0.15) is 5.82 Å². The van der Waals surface area contributed by atoms with E-state index >= 15 is 0 Å². The molecule has 0 amide bonds. The summed E-state index contributed by atoms with van der Waals surface area (Å²) in [6.45, 7) is 0. The Labute approximate surface area is 112 Å². The molecule has 0 aliphatic rings. The summed E-state index contributed by atoms with van der Waals surface area (Å²) in [5.74, 6) is -0.0720. The van der Waals surface area contributed by atoms with Gasteiger partial charge in [0.25, 0.3) is 0 Å². The number of nitro benzene ring substituents is 1. The Kier molecular flexibility index (Phi) is 3.34. The van der Waals surface area contributed by atoms with Crippen LogP contribution in [-0.4, -0.2) is 14.9 Å². The summed E-state index contributed by atoms with van der Waals surface area (Å²) < 4.78 is 5.28. The zero-order valence-corrected chi connectivity index (χ0v) is 10.2. The Hall–Kier alpha value is -2.61. The lowest BCUT2D eigenvalue weighted by atomic mass is 10.3. The number of hydrogen-bond acceptors (Lipinski definition) is 7. The summed E-state index contributed by atoms with van der Waals surface area (Å²) in [6, 6.07) is 5.20. The van der Waals surface area contributed by atoms with Crippen molar-refractivity contribution < 1.29 is 9.66 Å². The van der Waals surface area contributed by atoms with E-state index in [2.05, 4.69) is 9.97 Å². The SMILES string of the molecule is Nc1cc(Oc2cc(Cl)ccc2[N+](=O)[O-])nc(N)n1. The summed E-state index contributed by atoms with van der Waals surface area (Å²) >= 11 is 5.77. The number of aromatic nitrogens is 2. The van der Waals surface area contributed by atoms with Crippen molar-refractivity contribution in [1.82, 2.24) is 9.97 Å². The first-order chi connectivity index (χ1) is 8.95. The topological polar surface area (TPSA) is 130 Å². The van der Waals surface area contributed by atoms with Gasteiger partial charge in [-0.3, -0.25) is 10.1 Å². The minimum Gasteiger partial charge on any atom is -0.431 e. The van der Waals surface area contributed by atoms with Crippen molar-refractivity contribution in [2.75, 3.05) is 11.5 Å². The maximum atomic E-state index is 10.9. The van der Waals surface area contributed by atoms with Crippen LogP contribution in [0, 0.1) is 10.1 Å². The lowest BCUT2D eigenvalue weighted by Gasteiger charge is -2.06. The Bertz CT molecular complexity index is 629. The smallest absolute Gasteiger partial charge is 0.311 e. The van der Waals surface area contributed by atoms with Gasteiger partial charge in [-0.2, -0.15) is 9.97 Å². The van der Waals surface area contributed by atoms with E-state index in [0.717, 1.165) is 0 Å². The van der Waals surface area contributed by atoms with Gasteiger partial charge in [0.05, 0.1) is 4.92 Å². The van der Waals surface area contributed by atoms with Gasteiger partial charge < -0.3 is 16.2 Å². The standard InChI is InChI=1S/C10H8ClN5O3/c11-5-1-2-6(16(17)18)7(3-5)19-9-4-8(12)14-10(13)15-9/h1-4H,(H4,12,13,14,15). The molecule has 19 heavy (non-hydrogen) atoms. The monoisotopic (exact) mass is 281 g/mol. The van der Waals surface area contributed by atoms with Crippen LogP contribution in [0.4, 0.5) is 17.5 Å². The third kappa shape index (κ3) is 2.99. The van der Waals surface area contributed by atoms with E-state index in [1.165, 1.54) is 24.3 Å². The Morgan fingerprint density at radius 3 is 2.63 bits per heavy atom. The van der Waals surface area contributed by atoms with Gasteiger partial charge in [0.15, 0.2) is 0 Å². The molecular formula is C10H8ClN5O3. The number of nitro groups is 1. The highest BCUT2D eigenvalue weighted by atomic mass is 35.5. The molecule has 0 saturated heterocycles. The lowest BCUT2D eigenvalue weighted by Crippen LogP contribution is -2.01. The number of halogens is 1. The fourth-order valence-electron chi connectivity index (χ4n) is 1.35. The molecule has 0 fully saturated rings. The van der Waals surface area contributed by atoms with E-state index in [1.807, 2.05) is 0 Å². The molecule has 0 spiro atoms. The molecule has 1 aromatic heterocycles. The fraction of sp³-hybridized carbons (Fsp3) is 0. The van der Waals surface area contributed by atoms with Crippen molar-refractivity contribution in [3.8, 4) is 11.6 Å². The molecule has 0 unspecified atom stereocenters. The number of ether oxygens (including phenoxy) is 1. The van der Waals surface area contributed by atoms with Crippen molar-refractivity contribution in [1.29, 1.82) is 0 Å². The second kappa shape index (κ2) is 4.94. The first kappa shape index (κ1) is 12.8. The Balaban J connectivity index is 2.42. The van der Waals surface area contributed by atoms with E-state index in [4.69, 9.17) is 27.8 Å². The van der Waals surface area contributed by atoms with Crippen molar-refractivity contribution in [2.24, 2.45) is 0 Å². The quantitative estimate of drug-likeness (QED) is 0.649. The zero-order chi connectivity index (χ0) is 14.0. The zero-order valence-electron chi connectivity index (χ0n) is 9.41. The van der Waals surface area contributed by atoms with Gasteiger partial charge in [-0.25, -0.2) is 0 Å². The molecule has 8 nitrogen and oxygen atoms in total. The van der Waals surface area contributed by atoms with Crippen LogP contribution in [0.5, 0.6) is 11.6 Å². The summed E-state index contributed by atoms with van der Waals surface area (Å²) in [5, 5.41) is 11.1. The van der Waals surface area contributed by atoms with E-state index < -0.39 is 4.92 Å². The fourth-order valence-corrected chi connectivity index (χ4v) is 1.51. The molecule has 0 radical (unpaired) electrons. The van der Waals surface area contributed by atoms with E-state index in [0.29, 0.717) is 0 Å². The molecule has 0 aliphatic heterocycles. The summed E-state index contributed by atoms with van der Waals surface area (Å²) in [7, 11) is 0. The highest BCUT2D eigenvalue weighted by Gasteiger charge is 2.17. The van der Waals surface area contributed by atoms with Crippen LogP contribution in [0.3, 0.4) is 0 Å². The van der Waals surface area contributed by atoms with Gasteiger partial charge >= 0.3 is 5.69 Å². The molecule has 0 aliphatic carbocycles. The van der Waals surface area contributed by atoms with Crippen LogP contribution >= 0.6 is 11.6 Å². The number of nitrogens with two attached hydrogens (primary N) is 2. The van der Waals surface area contributed by atoms with E-state index in [9.17, 15) is 10.1 Å². The minimum atomic E-state index is -0.598. The normalized spacial score (nSPS) is 10.2. The van der Waals surface area contributed by atoms with Crippen LogP contribution in [-0.2, 0) is 0 Å². The number of hydrogen-bond donors (Lipinski definition) is 2. The minimum absolute atomic E-state index is 0.00429. The molecule has 2 aromatic rings. The predicted octanol–water partition coefficient (Wildman–Crippen LogP) is 1.99. The molecule has 2 rings (SSSR count). The van der Waals surface area contributed by atoms with Gasteiger partial charge in [-0.05, 0) is 6.07 Å². The number of anilines is 2. The van der Waals surface area contributed by atoms with Crippen molar-refractivity contribution in [3.63, 3.8) is 0 Å². The number of nitrogen functional groups attached to an aromatic ring is 2. The van der Waals surface area contributed by atoms with Crippen LogP contribution in [0.1, 0.15) is 0 Å². The van der Waals surface area contributed by atoms with Gasteiger partial charge in [-0.15, -0.1) is 0 Å². The molecule has 1 aromatic carbocycles. The Morgan fingerprint density at radius 2 is 2.00 bits per heavy atom. The molecule has 0 atom stereocenters. The lowest BCUT2D eigenvalue weighted by molar-refractivity contribution is -0.385. The first-order valence-corrected chi connectivity index (χ1v) is 5.35. The van der Waals surface area contributed by atoms with E-state index in [-0.39, 0.29) is 34.1 Å². The van der Waals surface area contributed by atoms with Crippen LogP contribution in [0.2, 0.25) is 5.02 Å². The largest absolute Gasteiger partial charge is 0.431 e. The maximum Gasteiger partial charge on any atom is 0.311 e. The van der Waals surface area contributed by atoms with Gasteiger partial charge in [-0.1, -0.05) is 11.6 Å². The maximum absolute atomic E-state index is 10.9. The van der Waals surface area contributed by atoms with Crippen LogP contribution < -0.4 is 16.2 Å². The van der Waals surface area contributed by atoms with Crippen molar-refractivity contribution in [3.05, 3.63) is 39.4 Å². The molecular weight excluding hydrogens is 274 g/mol. The molecule has 1 heterocycles. The van der Waals surface area contributed by atoms with Crippen LogP contribution in [0.15, 0.2) is 24.3 Å². The second-order valence-electron chi connectivity index (χ2n) is 3.46. The average Bonchev–Trinajstić information content (AvgIpc) is 2.26. The third-order valence-corrected chi connectivity index (χ3v) is 2.31. The molecule has 4 N–H and O–H groups in total. The highest BCUT2D eigenvalue weighted by Crippen LogP contribution is 2.33. The average molecular weight is 282 g/mol. The highest BCUT2D eigenvalue weighted by molar-refractivity contribution is 6.30. The van der Waals surface area contributed by atoms with Gasteiger partial charge in [0, 0.05) is 23.2 Å². The molecule has 0 saturated carbocycles. The molecule has 98 valence electrons. The van der Waals surface area contributed by atoms with Gasteiger partial charge in [0.2, 0.25) is 17.6 Å².